The molecule has 0 unspecified atom stereocenters. The largest absolute Gasteiger partial charge is 0.478 e. The minimum absolute atomic E-state index is 0.919. The number of carboxylic acids is 1. The zero-order valence-corrected chi connectivity index (χ0v) is 12.7. The van der Waals surface area contributed by atoms with Gasteiger partial charge in [-0.25, -0.2) is 4.79 Å². The summed E-state index contributed by atoms with van der Waals surface area (Å²) in [7, 11) is 0. The van der Waals surface area contributed by atoms with Crippen LogP contribution in [0.4, 0.5) is 5.69 Å². The Morgan fingerprint density at radius 2 is 2.24 bits per heavy atom. The summed E-state index contributed by atoms with van der Waals surface area (Å²) in [6, 6.07) is 8.32. The Hall–Kier alpha value is -2.07. The first kappa shape index (κ1) is 13.9. The van der Waals surface area contributed by atoms with E-state index in [4.69, 9.17) is 5.11 Å². The van der Waals surface area contributed by atoms with Gasteiger partial charge >= 0.3 is 5.97 Å². The molecule has 0 radical (unpaired) electrons. The van der Waals surface area contributed by atoms with E-state index in [0.29, 0.717) is 0 Å². The van der Waals surface area contributed by atoms with Gasteiger partial charge in [0.15, 0.2) is 0 Å². The lowest BCUT2D eigenvalue weighted by Crippen LogP contribution is -2.29. The fourth-order valence-electron chi connectivity index (χ4n) is 2.76. The Morgan fingerprint density at radius 1 is 1.38 bits per heavy atom. The van der Waals surface area contributed by atoms with Crippen molar-refractivity contribution in [2.45, 2.75) is 19.9 Å². The molecule has 1 aliphatic rings. The molecule has 1 aromatic carbocycles. The number of hydrogen-bond acceptors (Lipinski definition) is 3. The van der Waals surface area contributed by atoms with Crippen molar-refractivity contribution in [2.24, 2.45) is 0 Å². The van der Waals surface area contributed by atoms with Crippen LogP contribution >= 0.6 is 11.3 Å². The van der Waals surface area contributed by atoms with Gasteiger partial charge in [-0.1, -0.05) is 6.07 Å². The maximum atomic E-state index is 10.6. The lowest BCUT2D eigenvalue weighted by Gasteiger charge is -2.30. The number of carbonyl (C=O) groups is 1. The average Bonchev–Trinajstić information content (AvgIpc) is 2.92. The molecule has 4 heteroatoms. The molecule has 0 atom stereocenters. The number of fused-ring (bicyclic) bond motifs is 1. The quantitative estimate of drug-likeness (QED) is 0.878. The van der Waals surface area contributed by atoms with E-state index in [1.807, 2.05) is 23.5 Å². The number of benzene rings is 1. The van der Waals surface area contributed by atoms with Crippen molar-refractivity contribution in [3.05, 3.63) is 57.3 Å². The number of aryl methyl sites for hydroxylation is 1. The molecule has 3 nitrogen and oxygen atoms in total. The van der Waals surface area contributed by atoms with E-state index in [9.17, 15) is 4.79 Å². The van der Waals surface area contributed by atoms with Crippen LogP contribution in [-0.2, 0) is 17.8 Å². The smallest absolute Gasteiger partial charge is 0.328 e. The molecule has 21 heavy (non-hydrogen) atoms. The first-order valence-electron chi connectivity index (χ1n) is 6.95. The van der Waals surface area contributed by atoms with Crippen LogP contribution in [0.1, 0.15) is 21.6 Å². The highest BCUT2D eigenvalue weighted by molar-refractivity contribution is 7.10. The molecule has 3 rings (SSSR count). The lowest BCUT2D eigenvalue weighted by atomic mass is 10.0. The van der Waals surface area contributed by atoms with Crippen molar-refractivity contribution >= 4 is 29.1 Å². The second-order valence-corrected chi connectivity index (χ2v) is 6.26. The van der Waals surface area contributed by atoms with Crippen molar-refractivity contribution in [3.8, 4) is 0 Å². The van der Waals surface area contributed by atoms with E-state index in [1.165, 1.54) is 27.8 Å². The summed E-state index contributed by atoms with van der Waals surface area (Å²) in [5.41, 5.74) is 4.77. The van der Waals surface area contributed by atoms with Gasteiger partial charge in [-0.05, 0) is 59.7 Å². The summed E-state index contributed by atoms with van der Waals surface area (Å²) in [6.45, 7) is 4.08. The van der Waals surface area contributed by atoms with Gasteiger partial charge in [0, 0.05) is 29.7 Å². The second-order valence-electron chi connectivity index (χ2n) is 5.26. The molecule has 1 aliphatic heterocycles. The number of nitrogens with zero attached hydrogens (tertiary/aromatic N) is 1. The first-order valence-corrected chi connectivity index (χ1v) is 7.83. The van der Waals surface area contributed by atoms with E-state index in [0.717, 1.165) is 25.1 Å². The number of thiophene rings is 1. The zero-order valence-electron chi connectivity index (χ0n) is 11.9. The Balaban J connectivity index is 1.82. The second kappa shape index (κ2) is 5.74. The summed E-state index contributed by atoms with van der Waals surface area (Å²) in [5, 5.41) is 10.8. The molecule has 0 fully saturated rings. The molecule has 0 amide bonds. The molecule has 0 saturated heterocycles. The average molecular weight is 299 g/mol. The summed E-state index contributed by atoms with van der Waals surface area (Å²) in [5.74, 6) is -0.919. The molecule has 0 bridgehead atoms. The van der Waals surface area contributed by atoms with Gasteiger partial charge in [-0.2, -0.15) is 0 Å². The van der Waals surface area contributed by atoms with Crippen LogP contribution in [0, 0.1) is 6.92 Å². The van der Waals surface area contributed by atoms with Gasteiger partial charge in [0.25, 0.3) is 0 Å². The van der Waals surface area contributed by atoms with Crippen LogP contribution in [-0.4, -0.2) is 17.6 Å². The number of rotatable bonds is 3. The molecule has 108 valence electrons. The zero-order chi connectivity index (χ0) is 14.8. The highest BCUT2D eigenvalue weighted by atomic mass is 32.1. The van der Waals surface area contributed by atoms with Crippen LogP contribution in [0.5, 0.6) is 0 Å². The van der Waals surface area contributed by atoms with E-state index in [-0.39, 0.29) is 0 Å². The van der Waals surface area contributed by atoms with Crippen molar-refractivity contribution in [1.82, 2.24) is 0 Å². The highest BCUT2D eigenvalue weighted by Crippen LogP contribution is 2.30. The summed E-state index contributed by atoms with van der Waals surface area (Å²) in [4.78, 5) is 14.5. The Morgan fingerprint density at radius 3 is 3.00 bits per heavy atom. The Bertz CT molecular complexity index is 703. The van der Waals surface area contributed by atoms with Gasteiger partial charge in [0.05, 0.1) is 0 Å². The van der Waals surface area contributed by atoms with Crippen molar-refractivity contribution in [1.29, 1.82) is 0 Å². The SMILES string of the molecule is Cc1cc(C=CC(=O)O)ccc1N1CCc2sccc2C1. The van der Waals surface area contributed by atoms with Crippen LogP contribution < -0.4 is 4.90 Å². The van der Waals surface area contributed by atoms with Crippen molar-refractivity contribution in [3.63, 3.8) is 0 Å². The third-order valence-corrected chi connectivity index (χ3v) is 4.81. The third kappa shape index (κ3) is 3.00. The molecule has 1 aromatic heterocycles. The Labute approximate surface area is 128 Å². The normalized spacial score (nSPS) is 14.4. The van der Waals surface area contributed by atoms with Gasteiger partial charge in [0.2, 0.25) is 0 Å². The standard InChI is InChI=1S/C17H17NO2S/c1-12-10-13(3-5-17(19)20)2-4-15(12)18-8-6-16-14(11-18)7-9-21-16/h2-5,7,9-10H,6,8,11H2,1H3,(H,19,20). The molecule has 2 aromatic rings. The fourth-order valence-corrected chi connectivity index (χ4v) is 3.65. The molecule has 0 saturated carbocycles. The first-order chi connectivity index (χ1) is 10.1. The van der Waals surface area contributed by atoms with Gasteiger partial charge < -0.3 is 10.0 Å². The molecule has 2 heterocycles. The van der Waals surface area contributed by atoms with E-state index in [2.05, 4.69) is 29.3 Å². The minimum atomic E-state index is -0.919. The predicted molar refractivity (Wildman–Crippen MR) is 86.9 cm³/mol. The molecule has 1 N–H and O–H groups in total. The van der Waals surface area contributed by atoms with E-state index >= 15 is 0 Å². The summed E-state index contributed by atoms with van der Waals surface area (Å²) >= 11 is 1.85. The van der Waals surface area contributed by atoms with E-state index < -0.39 is 5.97 Å². The van der Waals surface area contributed by atoms with Crippen LogP contribution in [0.25, 0.3) is 6.08 Å². The fraction of sp³-hybridized carbons (Fsp3) is 0.235. The van der Waals surface area contributed by atoms with Crippen molar-refractivity contribution < 1.29 is 9.90 Å². The lowest BCUT2D eigenvalue weighted by molar-refractivity contribution is -0.131. The highest BCUT2D eigenvalue weighted by Gasteiger charge is 2.18. The van der Waals surface area contributed by atoms with Crippen LogP contribution in [0.15, 0.2) is 35.7 Å². The maximum Gasteiger partial charge on any atom is 0.328 e. The summed E-state index contributed by atoms with van der Waals surface area (Å²) < 4.78 is 0. The number of hydrogen-bond donors (Lipinski definition) is 1. The molecular formula is C17H17NO2S. The third-order valence-electron chi connectivity index (χ3n) is 3.79. The van der Waals surface area contributed by atoms with Crippen LogP contribution in [0.2, 0.25) is 0 Å². The maximum absolute atomic E-state index is 10.6. The van der Waals surface area contributed by atoms with E-state index in [1.54, 1.807) is 6.08 Å². The number of aliphatic carboxylic acids is 1. The van der Waals surface area contributed by atoms with Gasteiger partial charge in [0.1, 0.15) is 0 Å². The topological polar surface area (TPSA) is 40.5 Å². The number of carboxylic acid groups (broad SMARTS) is 1. The molecular weight excluding hydrogens is 282 g/mol. The van der Waals surface area contributed by atoms with Crippen LogP contribution in [0.3, 0.4) is 0 Å². The summed E-state index contributed by atoms with van der Waals surface area (Å²) in [6.07, 6.45) is 3.91. The predicted octanol–water partition coefficient (Wildman–Crippen LogP) is 3.72. The van der Waals surface area contributed by atoms with Crippen molar-refractivity contribution in [2.75, 3.05) is 11.4 Å². The van der Waals surface area contributed by atoms with Gasteiger partial charge in [-0.3, -0.25) is 0 Å². The van der Waals surface area contributed by atoms with Gasteiger partial charge in [-0.15, -0.1) is 11.3 Å². The Kier molecular flexibility index (Phi) is 3.80. The minimum Gasteiger partial charge on any atom is -0.478 e. The monoisotopic (exact) mass is 299 g/mol. The molecule has 0 aliphatic carbocycles. The number of anilines is 1. The molecule has 0 spiro atoms.